The molecule has 1 aliphatic heterocycles. The summed E-state index contributed by atoms with van der Waals surface area (Å²) in [6.07, 6.45) is -9.66. The first kappa shape index (κ1) is 18.1. The zero-order valence-electron chi connectivity index (χ0n) is 11.7. The highest BCUT2D eigenvalue weighted by atomic mass is 19.4. The summed E-state index contributed by atoms with van der Waals surface area (Å²) >= 11 is 0. The van der Waals surface area contributed by atoms with Gasteiger partial charge in [-0.25, -0.2) is 0 Å². The van der Waals surface area contributed by atoms with E-state index in [0.29, 0.717) is 6.54 Å². The Kier molecular flexibility index (Phi) is 5.18. The van der Waals surface area contributed by atoms with E-state index in [1.165, 1.54) is 0 Å². The quantitative estimate of drug-likeness (QED) is 0.785. The highest BCUT2D eigenvalue weighted by molar-refractivity contribution is 5.80. The Morgan fingerprint density at radius 3 is 2.19 bits per heavy atom. The summed E-state index contributed by atoms with van der Waals surface area (Å²) in [6, 6.07) is -0.364. The van der Waals surface area contributed by atoms with E-state index in [9.17, 15) is 31.1 Å². The van der Waals surface area contributed by atoms with Gasteiger partial charge in [0.2, 0.25) is 11.8 Å². The smallest absolute Gasteiger partial charge is 0.354 e. The van der Waals surface area contributed by atoms with Gasteiger partial charge in [0, 0.05) is 12.6 Å². The summed E-state index contributed by atoms with van der Waals surface area (Å²) in [6.45, 7) is 4.04. The first-order valence-corrected chi connectivity index (χ1v) is 6.50. The fourth-order valence-electron chi connectivity index (χ4n) is 2.41. The third-order valence-electron chi connectivity index (χ3n) is 3.73. The van der Waals surface area contributed by atoms with E-state index in [1.807, 2.05) is 13.8 Å². The average Bonchev–Trinajstić information content (AvgIpc) is 2.22. The third kappa shape index (κ3) is 4.76. The molecule has 0 radical (unpaired) electrons. The third-order valence-corrected chi connectivity index (χ3v) is 3.73. The molecule has 21 heavy (non-hydrogen) atoms. The average molecular weight is 320 g/mol. The Bertz CT molecular complexity index is 363. The Morgan fingerprint density at radius 2 is 1.76 bits per heavy atom. The van der Waals surface area contributed by atoms with Gasteiger partial charge in [-0.05, 0) is 24.8 Å². The molecule has 0 aromatic heterocycles. The van der Waals surface area contributed by atoms with Crippen LogP contribution in [0.3, 0.4) is 0 Å². The first-order valence-electron chi connectivity index (χ1n) is 6.50. The van der Waals surface area contributed by atoms with Crippen molar-refractivity contribution in [3.05, 3.63) is 0 Å². The van der Waals surface area contributed by atoms with Crippen molar-refractivity contribution in [2.24, 2.45) is 11.3 Å². The van der Waals surface area contributed by atoms with Crippen molar-refractivity contribution >= 4 is 5.91 Å². The number of rotatable bonds is 3. The van der Waals surface area contributed by atoms with Crippen molar-refractivity contribution in [2.45, 2.75) is 45.1 Å². The molecular formula is C12H18F6N2O. The topological polar surface area (TPSA) is 41.1 Å². The van der Waals surface area contributed by atoms with Gasteiger partial charge in [0.05, 0.1) is 0 Å². The van der Waals surface area contributed by atoms with Gasteiger partial charge >= 0.3 is 12.4 Å². The van der Waals surface area contributed by atoms with Crippen molar-refractivity contribution in [3.8, 4) is 0 Å². The molecule has 0 aromatic rings. The number of carbonyl (C=O) groups excluding carboxylic acids is 1. The van der Waals surface area contributed by atoms with E-state index < -0.39 is 24.2 Å². The summed E-state index contributed by atoms with van der Waals surface area (Å²) < 4.78 is 74.3. The molecule has 0 saturated carbocycles. The van der Waals surface area contributed by atoms with E-state index in [1.54, 1.807) is 5.32 Å². The van der Waals surface area contributed by atoms with Crippen LogP contribution in [0.25, 0.3) is 0 Å². The minimum absolute atomic E-state index is 0.269. The molecule has 2 N–H and O–H groups in total. The number of hydrogen-bond acceptors (Lipinski definition) is 2. The molecule has 1 aliphatic rings. The van der Waals surface area contributed by atoms with Gasteiger partial charge in [0.1, 0.15) is 0 Å². The van der Waals surface area contributed by atoms with Crippen molar-refractivity contribution in [2.75, 3.05) is 13.1 Å². The molecule has 124 valence electrons. The molecule has 0 aromatic carbocycles. The minimum atomic E-state index is -5.65. The van der Waals surface area contributed by atoms with Crippen LogP contribution < -0.4 is 10.6 Å². The summed E-state index contributed by atoms with van der Waals surface area (Å²) in [7, 11) is 0. The van der Waals surface area contributed by atoms with Crippen LogP contribution in [-0.2, 0) is 4.79 Å². The second-order valence-electron chi connectivity index (χ2n) is 5.86. The SMILES string of the molecule is CC1(C)CCCNC1CNC(=O)C(C(F)(F)F)C(F)(F)F. The molecule has 1 saturated heterocycles. The van der Waals surface area contributed by atoms with Gasteiger partial charge in [0.25, 0.3) is 0 Å². The molecule has 0 aliphatic carbocycles. The van der Waals surface area contributed by atoms with Crippen LogP contribution in [0, 0.1) is 11.3 Å². The van der Waals surface area contributed by atoms with Gasteiger partial charge in [-0.1, -0.05) is 13.8 Å². The zero-order valence-corrected chi connectivity index (χ0v) is 11.7. The second-order valence-corrected chi connectivity index (χ2v) is 5.86. The van der Waals surface area contributed by atoms with Gasteiger partial charge in [-0.3, -0.25) is 4.79 Å². The number of hydrogen-bond donors (Lipinski definition) is 2. The van der Waals surface area contributed by atoms with Crippen molar-refractivity contribution < 1.29 is 31.1 Å². The highest BCUT2D eigenvalue weighted by Gasteiger charge is 2.61. The summed E-state index contributed by atoms with van der Waals surface area (Å²) in [5.41, 5.74) is -0.308. The number of halogens is 6. The Labute approximate surface area is 118 Å². The molecule has 1 unspecified atom stereocenters. The lowest BCUT2D eigenvalue weighted by Crippen LogP contribution is -2.55. The molecule has 9 heteroatoms. The summed E-state index contributed by atoms with van der Waals surface area (Å²) in [4.78, 5) is 11.3. The molecule has 1 amide bonds. The second kappa shape index (κ2) is 6.02. The molecule has 3 nitrogen and oxygen atoms in total. The highest BCUT2D eigenvalue weighted by Crippen LogP contribution is 2.39. The Balaban J connectivity index is 2.71. The predicted octanol–water partition coefficient (Wildman–Crippen LogP) is 2.62. The van der Waals surface area contributed by atoms with Crippen LogP contribution in [-0.4, -0.2) is 37.4 Å². The Morgan fingerprint density at radius 1 is 1.24 bits per heavy atom. The number of alkyl halides is 6. The number of piperidine rings is 1. The van der Waals surface area contributed by atoms with E-state index in [0.717, 1.165) is 12.8 Å². The minimum Gasteiger partial charge on any atom is -0.354 e. The molecule has 1 rings (SSSR count). The first-order chi connectivity index (χ1) is 9.36. The normalized spacial score (nSPS) is 23.2. The van der Waals surface area contributed by atoms with Gasteiger partial charge in [-0.15, -0.1) is 0 Å². The molecule has 1 atom stereocenters. The van der Waals surface area contributed by atoms with Crippen molar-refractivity contribution in [3.63, 3.8) is 0 Å². The van der Waals surface area contributed by atoms with E-state index >= 15 is 0 Å². The number of nitrogens with one attached hydrogen (secondary N) is 2. The fraction of sp³-hybridized carbons (Fsp3) is 0.917. The van der Waals surface area contributed by atoms with Crippen LogP contribution in [0.5, 0.6) is 0 Å². The van der Waals surface area contributed by atoms with Crippen LogP contribution in [0.2, 0.25) is 0 Å². The maximum atomic E-state index is 12.4. The number of carbonyl (C=O) groups is 1. The lowest BCUT2D eigenvalue weighted by Gasteiger charge is -2.39. The molecule has 0 spiro atoms. The van der Waals surface area contributed by atoms with E-state index in [2.05, 4.69) is 5.32 Å². The molecular weight excluding hydrogens is 302 g/mol. The molecule has 1 fully saturated rings. The lowest BCUT2D eigenvalue weighted by atomic mass is 9.77. The number of amides is 1. The maximum absolute atomic E-state index is 12.4. The largest absolute Gasteiger partial charge is 0.409 e. The van der Waals surface area contributed by atoms with Gasteiger partial charge in [0.15, 0.2) is 0 Å². The van der Waals surface area contributed by atoms with Crippen LogP contribution in [0.4, 0.5) is 26.3 Å². The standard InChI is InChI=1S/C12H18F6N2O/c1-10(2)4-3-5-19-7(10)6-20-9(21)8(11(13,14)15)12(16,17)18/h7-8,19H,3-6H2,1-2H3,(H,20,21). The Hall–Kier alpha value is -0.990. The predicted molar refractivity (Wildman–Crippen MR) is 63.4 cm³/mol. The van der Waals surface area contributed by atoms with Gasteiger partial charge < -0.3 is 10.6 Å². The van der Waals surface area contributed by atoms with E-state index in [4.69, 9.17) is 0 Å². The monoisotopic (exact) mass is 320 g/mol. The van der Waals surface area contributed by atoms with Crippen molar-refractivity contribution in [1.29, 1.82) is 0 Å². The fourth-order valence-corrected chi connectivity index (χ4v) is 2.41. The van der Waals surface area contributed by atoms with Crippen LogP contribution in [0.1, 0.15) is 26.7 Å². The van der Waals surface area contributed by atoms with Gasteiger partial charge in [-0.2, -0.15) is 26.3 Å². The lowest BCUT2D eigenvalue weighted by molar-refractivity contribution is -0.274. The zero-order chi connectivity index (χ0) is 16.5. The van der Waals surface area contributed by atoms with Crippen LogP contribution >= 0.6 is 0 Å². The van der Waals surface area contributed by atoms with Crippen molar-refractivity contribution in [1.82, 2.24) is 10.6 Å². The van der Waals surface area contributed by atoms with Crippen LogP contribution in [0.15, 0.2) is 0 Å². The summed E-state index contributed by atoms with van der Waals surface area (Å²) in [5, 5.41) is 4.78. The maximum Gasteiger partial charge on any atom is 0.409 e. The molecule has 1 heterocycles. The molecule has 0 bridgehead atoms. The van der Waals surface area contributed by atoms with E-state index in [-0.39, 0.29) is 18.0 Å². The summed E-state index contributed by atoms with van der Waals surface area (Å²) in [5.74, 6) is -6.05.